The number of nitrogens with two attached hydrogens (primary N) is 1. The van der Waals surface area contributed by atoms with Crippen LogP contribution in [-0.4, -0.2) is 51.8 Å². The van der Waals surface area contributed by atoms with Crippen molar-refractivity contribution in [3.8, 4) is 0 Å². The molecule has 0 fully saturated rings. The van der Waals surface area contributed by atoms with Gasteiger partial charge in [-0.3, -0.25) is 0 Å². The molecule has 0 bridgehead atoms. The van der Waals surface area contributed by atoms with Gasteiger partial charge in [-0.15, -0.1) is 0 Å². The summed E-state index contributed by atoms with van der Waals surface area (Å²) in [4.78, 5) is 2.16. The van der Waals surface area contributed by atoms with Crippen molar-refractivity contribution in [3.63, 3.8) is 0 Å². The summed E-state index contributed by atoms with van der Waals surface area (Å²) in [5, 5.41) is 0. The SMILES string of the molecule is CCN(CC)CCNS(=O)(=O)CCN. The van der Waals surface area contributed by atoms with Gasteiger partial charge in [-0.05, 0) is 13.1 Å². The van der Waals surface area contributed by atoms with Gasteiger partial charge in [-0.1, -0.05) is 13.8 Å². The number of hydrogen-bond donors (Lipinski definition) is 2. The number of rotatable bonds is 8. The van der Waals surface area contributed by atoms with Crippen LogP contribution in [0.15, 0.2) is 0 Å². The lowest BCUT2D eigenvalue weighted by molar-refractivity contribution is 0.309. The van der Waals surface area contributed by atoms with Gasteiger partial charge in [0.2, 0.25) is 10.0 Å². The van der Waals surface area contributed by atoms with E-state index in [1.807, 2.05) is 0 Å². The van der Waals surface area contributed by atoms with Gasteiger partial charge in [0.1, 0.15) is 0 Å². The molecule has 0 atom stereocenters. The Hall–Kier alpha value is -0.170. The van der Waals surface area contributed by atoms with Crippen molar-refractivity contribution in [2.45, 2.75) is 13.8 Å². The van der Waals surface area contributed by atoms with Crippen molar-refractivity contribution >= 4 is 10.0 Å². The van der Waals surface area contributed by atoms with Gasteiger partial charge < -0.3 is 10.6 Å². The highest BCUT2D eigenvalue weighted by atomic mass is 32.2. The maximum atomic E-state index is 11.2. The molecule has 3 N–H and O–H groups in total. The Balaban J connectivity index is 3.72. The lowest BCUT2D eigenvalue weighted by Gasteiger charge is -2.17. The summed E-state index contributed by atoms with van der Waals surface area (Å²) in [5.74, 6) is 0.00521. The first-order chi connectivity index (χ1) is 6.55. The summed E-state index contributed by atoms with van der Waals surface area (Å²) in [6, 6.07) is 0. The van der Waals surface area contributed by atoms with E-state index in [-0.39, 0.29) is 12.3 Å². The van der Waals surface area contributed by atoms with Crippen LogP contribution in [0.2, 0.25) is 0 Å². The minimum Gasteiger partial charge on any atom is -0.329 e. The van der Waals surface area contributed by atoms with Crippen LogP contribution < -0.4 is 10.5 Å². The van der Waals surface area contributed by atoms with Gasteiger partial charge in [-0.2, -0.15) is 0 Å². The third-order valence-corrected chi connectivity index (χ3v) is 3.45. The van der Waals surface area contributed by atoms with Crippen molar-refractivity contribution in [2.24, 2.45) is 5.73 Å². The molecule has 0 aromatic rings. The Labute approximate surface area is 86.7 Å². The molecule has 0 aliphatic carbocycles. The summed E-state index contributed by atoms with van der Waals surface area (Å²) in [5.41, 5.74) is 5.17. The van der Waals surface area contributed by atoms with Crippen LogP contribution in [-0.2, 0) is 10.0 Å². The zero-order valence-electron chi connectivity index (χ0n) is 8.99. The zero-order valence-corrected chi connectivity index (χ0v) is 9.81. The third kappa shape index (κ3) is 6.31. The minimum absolute atomic E-state index is 0.00521. The van der Waals surface area contributed by atoms with E-state index in [9.17, 15) is 8.42 Å². The molecule has 0 saturated heterocycles. The second kappa shape index (κ2) is 7.17. The lowest BCUT2D eigenvalue weighted by atomic mass is 10.5. The molecule has 0 amide bonds. The Morgan fingerprint density at radius 2 is 1.86 bits per heavy atom. The van der Waals surface area contributed by atoms with E-state index in [4.69, 9.17) is 5.73 Å². The normalized spacial score (nSPS) is 12.3. The van der Waals surface area contributed by atoms with E-state index in [1.165, 1.54) is 0 Å². The highest BCUT2D eigenvalue weighted by Crippen LogP contribution is 1.86. The minimum atomic E-state index is -3.15. The Bertz CT molecular complexity index is 225. The molecule has 0 radical (unpaired) electrons. The Morgan fingerprint density at radius 1 is 1.29 bits per heavy atom. The maximum absolute atomic E-state index is 11.2. The van der Waals surface area contributed by atoms with Gasteiger partial charge >= 0.3 is 0 Å². The van der Waals surface area contributed by atoms with E-state index in [0.29, 0.717) is 6.54 Å². The van der Waals surface area contributed by atoms with Gasteiger partial charge in [0.05, 0.1) is 5.75 Å². The van der Waals surface area contributed by atoms with Gasteiger partial charge in [-0.25, -0.2) is 13.1 Å². The second-order valence-electron chi connectivity index (χ2n) is 3.03. The van der Waals surface area contributed by atoms with Crippen molar-refractivity contribution < 1.29 is 8.42 Å². The number of nitrogens with zero attached hydrogens (tertiary/aromatic N) is 1. The summed E-state index contributed by atoms with van der Waals surface area (Å²) < 4.78 is 24.9. The summed E-state index contributed by atoms with van der Waals surface area (Å²) in [6.45, 7) is 7.36. The maximum Gasteiger partial charge on any atom is 0.212 e. The van der Waals surface area contributed by atoms with Crippen LogP contribution in [0, 0.1) is 0 Å². The standard InChI is InChI=1S/C8H21N3O2S/c1-3-11(4-2)7-6-10-14(12,13)8-5-9/h10H,3-9H2,1-2H3. The van der Waals surface area contributed by atoms with Gasteiger partial charge in [0.15, 0.2) is 0 Å². The average molecular weight is 223 g/mol. The molecule has 0 unspecified atom stereocenters. The molecule has 6 heteroatoms. The molecule has 0 aromatic carbocycles. The molecule has 14 heavy (non-hydrogen) atoms. The lowest BCUT2D eigenvalue weighted by Crippen LogP contribution is -2.37. The third-order valence-electron chi connectivity index (χ3n) is 2.03. The Morgan fingerprint density at radius 3 is 2.29 bits per heavy atom. The van der Waals surface area contributed by atoms with E-state index < -0.39 is 10.0 Å². The first-order valence-corrected chi connectivity index (χ1v) is 6.60. The monoisotopic (exact) mass is 223 g/mol. The fourth-order valence-corrected chi connectivity index (χ4v) is 1.98. The number of sulfonamides is 1. The van der Waals surface area contributed by atoms with Crippen LogP contribution in [0.25, 0.3) is 0 Å². The van der Waals surface area contributed by atoms with E-state index in [0.717, 1.165) is 19.6 Å². The molecular weight excluding hydrogens is 202 g/mol. The topological polar surface area (TPSA) is 75.4 Å². The molecule has 0 rings (SSSR count). The number of nitrogens with one attached hydrogen (secondary N) is 1. The first-order valence-electron chi connectivity index (χ1n) is 4.95. The molecule has 0 aromatic heterocycles. The fourth-order valence-electron chi connectivity index (χ4n) is 1.13. The van der Waals surface area contributed by atoms with Gasteiger partial charge in [0.25, 0.3) is 0 Å². The quantitative estimate of drug-likeness (QED) is 0.565. The highest BCUT2D eigenvalue weighted by molar-refractivity contribution is 7.89. The second-order valence-corrected chi connectivity index (χ2v) is 4.96. The first kappa shape index (κ1) is 13.8. The molecule has 0 heterocycles. The predicted molar refractivity (Wildman–Crippen MR) is 58.6 cm³/mol. The summed E-state index contributed by atoms with van der Waals surface area (Å²) >= 11 is 0. The van der Waals surface area contributed by atoms with Crippen molar-refractivity contribution in [1.82, 2.24) is 9.62 Å². The molecule has 0 saturated carbocycles. The molecule has 0 aliphatic rings. The highest BCUT2D eigenvalue weighted by Gasteiger charge is 2.08. The van der Waals surface area contributed by atoms with Crippen molar-refractivity contribution in [1.29, 1.82) is 0 Å². The number of likely N-dealkylation sites (N-methyl/N-ethyl adjacent to an activating group) is 1. The molecule has 0 spiro atoms. The average Bonchev–Trinajstić information content (AvgIpc) is 2.12. The largest absolute Gasteiger partial charge is 0.329 e. The van der Waals surface area contributed by atoms with E-state index in [1.54, 1.807) is 0 Å². The van der Waals surface area contributed by atoms with Crippen LogP contribution in [0.5, 0.6) is 0 Å². The van der Waals surface area contributed by atoms with Crippen LogP contribution in [0.3, 0.4) is 0 Å². The Kier molecular flexibility index (Phi) is 7.08. The summed E-state index contributed by atoms with van der Waals surface area (Å²) in [7, 11) is -3.15. The molecule has 5 nitrogen and oxygen atoms in total. The van der Waals surface area contributed by atoms with E-state index in [2.05, 4.69) is 23.5 Å². The van der Waals surface area contributed by atoms with Crippen LogP contribution >= 0.6 is 0 Å². The van der Waals surface area contributed by atoms with E-state index >= 15 is 0 Å². The fraction of sp³-hybridized carbons (Fsp3) is 1.00. The van der Waals surface area contributed by atoms with Crippen molar-refractivity contribution in [3.05, 3.63) is 0 Å². The zero-order chi connectivity index (χ0) is 11.0. The molecular formula is C8H21N3O2S. The van der Waals surface area contributed by atoms with Crippen molar-refractivity contribution in [2.75, 3.05) is 38.5 Å². The van der Waals surface area contributed by atoms with Crippen LogP contribution in [0.4, 0.5) is 0 Å². The molecule has 0 aliphatic heterocycles. The summed E-state index contributed by atoms with van der Waals surface area (Å²) in [6.07, 6.45) is 0. The molecule has 86 valence electrons. The smallest absolute Gasteiger partial charge is 0.212 e. The van der Waals surface area contributed by atoms with Gasteiger partial charge in [0, 0.05) is 19.6 Å². The predicted octanol–water partition coefficient (Wildman–Crippen LogP) is -0.794. The number of hydrogen-bond acceptors (Lipinski definition) is 4. The van der Waals surface area contributed by atoms with Crippen LogP contribution in [0.1, 0.15) is 13.8 Å².